The molecule has 96 valence electrons. The van der Waals surface area contributed by atoms with Crippen molar-refractivity contribution in [2.45, 2.75) is 24.8 Å². The van der Waals surface area contributed by atoms with Gasteiger partial charge in [0.15, 0.2) is 0 Å². The van der Waals surface area contributed by atoms with Gasteiger partial charge < -0.3 is 16.2 Å². The molecule has 0 saturated carbocycles. The summed E-state index contributed by atoms with van der Waals surface area (Å²) in [5.41, 5.74) is 14.2. The Balaban J connectivity index is 2.00. The summed E-state index contributed by atoms with van der Waals surface area (Å²) in [6, 6.07) is 3.88. The Morgan fingerprint density at radius 3 is 2.83 bits per heavy atom. The molecule has 0 amide bonds. The lowest BCUT2D eigenvalue weighted by Crippen LogP contribution is -2.47. The topological polar surface area (TPSA) is 74.2 Å². The Kier molecular flexibility index (Phi) is 2.84. The second-order valence-corrected chi connectivity index (χ2v) is 5.20. The van der Waals surface area contributed by atoms with Gasteiger partial charge in [0.1, 0.15) is 5.82 Å². The van der Waals surface area contributed by atoms with E-state index in [4.69, 9.17) is 16.2 Å². The highest BCUT2D eigenvalue weighted by atomic mass is 16.5. The summed E-state index contributed by atoms with van der Waals surface area (Å²) in [5.74, 6) is 1.01. The second kappa shape index (κ2) is 4.37. The van der Waals surface area contributed by atoms with Crippen molar-refractivity contribution in [3.63, 3.8) is 0 Å². The van der Waals surface area contributed by atoms with Crippen molar-refractivity contribution < 1.29 is 4.74 Å². The van der Waals surface area contributed by atoms with Crippen LogP contribution in [0.25, 0.3) is 6.08 Å². The molecule has 1 saturated heterocycles. The minimum absolute atomic E-state index is 0.311. The summed E-state index contributed by atoms with van der Waals surface area (Å²) in [6.45, 7) is 1.62. The number of nitrogens with zero attached hydrogens (tertiary/aromatic N) is 1. The monoisotopic (exact) mass is 245 g/mol. The quantitative estimate of drug-likeness (QED) is 0.789. The second-order valence-electron chi connectivity index (χ2n) is 5.20. The molecule has 2 aliphatic rings. The number of fused-ring (bicyclic) bond motifs is 1. The van der Waals surface area contributed by atoms with E-state index >= 15 is 0 Å². The Labute approximate surface area is 107 Å². The minimum atomic E-state index is -0.311. The van der Waals surface area contributed by atoms with Crippen LogP contribution in [0.3, 0.4) is 0 Å². The zero-order valence-corrected chi connectivity index (χ0v) is 10.4. The molecular formula is C14H19N3O. The lowest BCUT2D eigenvalue weighted by atomic mass is 9.70. The summed E-state index contributed by atoms with van der Waals surface area (Å²) in [4.78, 5) is 4.38. The highest BCUT2D eigenvalue weighted by Crippen LogP contribution is 2.41. The maximum absolute atomic E-state index is 6.71. The van der Waals surface area contributed by atoms with E-state index < -0.39 is 0 Å². The Bertz CT molecular complexity index is 480. The van der Waals surface area contributed by atoms with E-state index in [1.54, 1.807) is 0 Å². The number of hydrogen-bond acceptors (Lipinski definition) is 4. The molecule has 0 aromatic carbocycles. The van der Waals surface area contributed by atoms with Crippen LogP contribution in [0.5, 0.6) is 0 Å². The van der Waals surface area contributed by atoms with E-state index in [2.05, 4.69) is 11.1 Å². The number of anilines is 1. The van der Waals surface area contributed by atoms with Gasteiger partial charge in [-0.1, -0.05) is 12.1 Å². The molecule has 0 bridgehead atoms. The van der Waals surface area contributed by atoms with Gasteiger partial charge in [-0.3, -0.25) is 0 Å². The standard InChI is InChI=1S/C14H19N3O/c15-13-4-3-11-12(17-13)2-1-7-14(11,16)10-5-8-18-9-6-10/h1-4,10H,5-9,16H2,(H2,15,17). The molecular weight excluding hydrogens is 226 g/mol. The Hall–Kier alpha value is -1.39. The first kappa shape index (κ1) is 11.7. The average molecular weight is 245 g/mol. The van der Waals surface area contributed by atoms with E-state index in [9.17, 15) is 0 Å². The predicted octanol–water partition coefficient (Wildman–Crippen LogP) is 1.66. The minimum Gasteiger partial charge on any atom is -0.384 e. The zero-order chi connectivity index (χ0) is 12.6. The molecule has 18 heavy (non-hydrogen) atoms. The fraction of sp³-hybridized carbons (Fsp3) is 0.500. The lowest BCUT2D eigenvalue weighted by molar-refractivity contribution is 0.0373. The van der Waals surface area contributed by atoms with Gasteiger partial charge >= 0.3 is 0 Å². The number of rotatable bonds is 1. The molecule has 0 spiro atoms. The number of nitrogens with two attached hydrogens (primary N) is 2. The Morgan fingerprint density at radius 2 is 2.06 bits per heavy atom. The van der Waals surface area contributed by atoms with Crippen LogP contribution in [0.1, 0.15) is 30.5 Å². The molecule has 1 atom stereocenters. The maximum Gasteiger partial charge on any atom is 0.124 e. The first-order chi connectivity index (χ1) is 8.70. The molecule has 4 nitrogen and oxygen atoms in total. The van der Waals surface area contributed by atoms with Crippen LogP contribution in [0.4, 0.5) is 5.82 Å². The van der Waals surface area contributed by atoms with E-state index in [-0.39, 0.29) is 5.54 Å². The molecule has 0 radical (unpaired) electrons. The highest BCUT2D eigenvalue weighted by molar-refractivity contribution is 5.58. The number of ether oxygens (including phenoxy) is 1. The van der Waals surface area contributed by atoms with Crippen LogP contribution < -0.4 is 11.5 Å². The van der Waals surface area contributed by atoms with Crippen molar-refractivity contribution in [1.29, 1.82) is 0 Å². The van der Waals surface area contributed by atoms with Crippen molar-refractivity contribution in [3.8, 4) is 0 Å². The SMILES string of the molecule is Nc1ccc2c(n1)C=CCC2(N)C1CCOCC1. The summed E-state index contributed by atoms with van der Waals surface area (Å²) in [5, 5.41) is 0. The normalized spacial score (nSPS) is 28.1. The number of pyridine rings is 1. The van der Waals surface area contributed by atoms with Gasteiger partial charge in [0, 0.05) is 18.8 Å². The van der Waals surface area contributed by atoms with E-state index in [1.165, 1.54) is 0 Å². The van der Waals surface area contributed by atoms with Crippen LogP contribution >= 0.6 is 0 Å². The summed E-state index contributed by atoms with van der Waals surface area (Å²) in [7, 11) is 0. The third-order valence-electron chi connectivity index (χ3n) is 4.13. The molecule has 4 N–H and O–H groups in total. The summed E-state index contributed by atoms with van der Waals surface area (Å²) < 4.78 is 5.43. The third-order valence-corrected chi connectivity index (χ3v) is 4.13. The Morgan fingerprint density at radius 1 is 1.28 bits per heavy atom. The van der Waals surface area contributed by atoms with Crippen molar-refractivity contribution in [3.05, 3.63) is 29.5 Å². The van der Waals surface area contributed by atoms with E-state index in [0.717, 1.165) is 43.7 Å². The van der Waals surface area contributed by atoms with Crippen LogP contribution in [0.2, 0.25) is 0 Å². The van der Waals surface area contributed by atoms with Crippen LogP contribution in [-0.4, -0.2) is 18.2 Å². The predicted molar refractivity (Wildman–Crippen MR) is 71.7 cm³/mol. The van der Waals surface area contributed by atoms with E-state index in [1.807, 2.05) is 18.2 Å². The van der Waals surface area contributed by atoms with Gasteiger partial charge in [-0.15, -0.1) is 0 Å². The van der Waals surface area contributed by atoms with Crippen LogP contribution in [0.15, 0.2) is 18.2 Å². The molecule has 1 unspecified atom stereocenters. The highest BCUT2D eigenvalue weighted by Gasteiger charge is 2.39. The molecule has 3 rings (SSSR count). The van der Waals surface area contributed by atoms with Gasteiger partial charge in [0.25, 0.3) is 0 Å². The smallest absolute Gasteiger partial charge is 0.124 e. The van der Waals surface area contributed by atoms with Crippen molar-refractivity contribution in [2.75, 3.05) is 18.9 Å². The number of hydrogen-bond donors (Lipinski definition) is 2. The first-order valence-corrected chi connectivity index (χ1v) is 6.50. The van der Waals surface area contributed by atoms with E-state index in [0.29, 0.717) is 11.7 Å². The van der Waals surface area contributed by atoms with Gasteiger partial charge in [-0.25, -0.2) is 4.98 Å². The average Bonchev–Trinajstić information content (AvgIpc) is 2.40. The summed E-state index contributed by atoms with van der Waals surface area (Å²) in [6.07, 6.45) is 7.05. The fourth-order valence-corrected chi connectivity index (χ4v) is 3.09. The van der Waals surface area contributed by atoms with Crippen molar-refractivity contribution >= 4 is 11.9 Å². The molecule has 4 heteroatoms. The van der Waals surface area contributed by atoms with Gasteiger partial charge in [-0.05, 0) is 42.9 Å². The van der Waals surface area contributed by atoms with Crippen molar-refractivity contribution in [2.24, 2.45) is 11.7 Å². The zero-order valence-electron chi connectivity index (χ0n) is 10.4. The molecule has 2 heterocycles. The molecule has 1 aromatic rings. The molecule has 1 aromatic heterocycles. The number of aromatic nitrogens is 1. The molecule has 1 aliphatic carbocycles. The third kappa shape index (κ3) is 1.82. The largest absolute Gasteiger partial charge is 0.384 e. The lowest BCUT2D eigenvalue weighted by Gasteiger charge is -2.41. The van der Waals surface area contributed by atoms with Crippen molar-refractivity contribution in [1.82, 2.24) is 4.98 Å². The molecule has 1 aliphatic heterocycles. The maximum atomic E-state index is 6.71. The first-order valence-electron chi connectivity index (χ1n) is 6.50. The van der Waals surface area contributed by atoms with Gasteiger partial charge in [-0.2, -0.15) is 0 Å². The van der Waals surface area contributed by atoms with Crippen LogP contribution in [-0.2, 0) is 10.3 Å². The fourth-order valence-electron chi connectivity index (χ4n) is 3.09. The number of nitrogen functional groups attached to an aromatic ring is 1. The van der Waals surface area contributed by atoms with Crippen LogP contribution in [0, 0.1) is 5.92 Å². The molecule has 1 fully saturated rings. The van der Waals surface area contributed by atoms with Gasteiger partial charge in [0.2, 0.25) is 0 Å². The van der Waals surface area contributed by atoms with Gasteiger partial charge in [0.05, 0.1) is 5.69 Å². The summed E-state index contributed by atoms with van der Waals surface area (Å²) >= 11 is 0.